The highest BCUT2D eigenvalue weighted by molar-refractivity contribution is 5.94. The van der Waals surface area contributed by atoms with Crippen LogP contribution in [0.2, 0.25) is 0 Å². The maximum atomic E-state index is 12.4. The summed E-state index contributed by atoms with van der Waals surface area (Å²) < 4.78 is 0. The van der Waals surface area contributed by atoms with Crippen molar-refractivity contribution in [3.63, 3.8) is 0 Å². The second-order valence-corrected chi connectivity index (χ2v) is 5.25. The molecule has 0 aromatic heterocycles. The summed E-state index contributed by atoms with van der Waals surface area (Å²) in [5, 5.41) is 12.2. The fraction of sp³-hybridized carbons (Fsp3) is 0.278. The summed E-state index contributed by atoms with van der Waals surface area (Å²) in [6, 6.07) is 15.2. The number of hydrogen-bond donors (Lipinski definition) is 2. The van der Waals surface area contributed by atoms with E-state index in [1.165, 1.54) is 5.56 Å². The molecule has 2 rings (SSSR count). The Balaban J connectivity index is 2.16. The van der Waals surface area contributed by atoms with Crippen LogP contribution in [0.3, 0.4) is 0 Å². The highest BCUT2D eigenvalue weighted by Gasteiger charge is 2.15. The maximum Gasteiger partial charge on any atom is 0.251 e. The Kier molecular flexibility index (Phi) is 5.12. The molecule has 0 spiro atoms. The minimum atomic E-state index is -0.176. The topological polar surface area (TPSA) is 49.3 Å². The number of amides is 1. The van der Waals surface area contributed by atoms with E-state index >= 15 is 0 Å². The van der Waals surface area contributed by atoms with Gasteiger partial charge in [-0.3, -0.25) is 4.79 Å². The molecule has 3 nitrogen and oxygen atoms in total. The summed E-state index contributed by atoms with van der Waals surface area (Å²) in [7, 11) is 0. The number of carbonyl (C=O) groups is 1. The molecule has 0 saturated carbocycles. The predicted molar refractivity (Wildman–Crippen MR) is 84.3 cm³/mol. The minimum absolute atomic E-state index is 0.0345. The van der Waals surface area contributed by atoms with Gasteiger partial charge in [-0.05, 0) is 49.1 Å². The molecule has 1 amide bonds. The Morgan fingerprint density at radius 1 is 1.10 bits per heavy atom. The molecule has 0 aliphatic rings. The molecular weight excluding hydrogens is 262 g/mol. The molecule has 0 fully saturated rings. The van der Waals surface area contributed by atoms with E-state index in [1.54, 1.807) is 0 Å². The molecule has 21 heavy (non-hydrogen) atoms. The van der Waals surface area contributed by atoms with E-state index in [0.717, 1.165) is 11.1 Å². The van der Waals surface area contributed by atoms with Crippen LogP contribution in [0.5, 0.6) is 0 Å². The van der Waals surface area contributed by atoms with Gasteiger partial charge in [0.25, 0.3) is 5.91 Å². The second-order valence-electron chi connectivity index (χ2n) is 5.25. The standard InChI is InChI=1S/C18H21NO2/c1-13-8-9-16(12-14(13)2)18(21)19-17(10-11-20)15-6-4-3-5-7-15/h3-9,12,17,20H,10-11H2,1-2H3,(H,19,21). The van der Waals surface area contributed by atoms with Gasteiger partial charge in [0.15, 0.2) is 0 Å². The number of nitrogens with one attached hydrogen (secondary N) is 1. The lowest BCUT2D eigenvalue weighted by molar-refractivity contribution is 0.0930. The van der Waals surface area contributed by atoms with Crippen LogP contribution in [0.25, 0.3) is 0 Å². The third-order valence-electron chi connectivity index (χ3n) is 3.69. The lowest BCUT2D eigenvalue weighted by atomic mass is 10.0. The SMILES string of the molecule is Cc1ccc(C(=O)NC(CCO)c2ccccc2)cc1C. The van der Waals surface area contributed by atoms with Crippen LogP contribution in [0.15, 0.2) is 48.5 Å². The highest BCUT2D eigenvalue weighted by Crippen LogP contribution is 2.17. The zero-order valence-corrected chi connectivity index (χ0v) is 12.5. The quantitative estimate of drug-likeness (QED) is 0.885. The van der Waals surface area contributed by atoms with Crippen LogP contribution in [-0.4, -0.2) is 17.6 Å². The number of aliphatic hydroxyl groups excluding tert-OH is 1. The Bertz CT molecular complexity index is 608. The summed E-state index contributed by atoms with van der Waals surface area (Å²) in [6.07, 6.45) is 0.501. The number of carbonyl (C=O) groups excluding carboxylic acids is 1. The first-order valence-corrected chi connectivity index (χ1v) is 7.15. The Morgan fingerprint density at radius 3 is 2.43 bits per heavy atom. The van der Waals surface area contributed by atoms with Crippen LogP contribution in [0.4, 0.5) is 0 Å². The van der Waals surface area contributed by atoms with E-state index in [4.69, 9.17) is 0 Å². The van der Waals surface area contributed by atoms with E-state index in [2.05, 4.69) is 5.32 Å². The van der Waals surface area contributed by atoms with Gasteiger partial charge in [0.1, 0.15) is 0 Å². The monoisotopic (exact) mass is 283 g/mol. The van der Waals surface area contributed by atoms with Gasteiger partial charge in [-0.15, -0.1) is 0 Å². The lowest BCUT2D eigenvalue weighted by Gasteiger charge is -2.18. The molecular formula is C18H21NO2. The first-order valence-electron chi connectivity index (χ1n) is 7.15. The molecule has 3 heteroatoms. The van der Waals surface area contributed by atoms with Crippen molar-refractivity contribution in [3.05, 3.63) is 70.8 Å². The third-order valence-corrected chi connectivity index (χ3v) is 3.69. The molecule has 2 aromatic carbocycles. The molecule has 2 N–H and O–H groups in total. The number of aliphatic hydroxyl groups is 1. The van der Waals surface area contributed by atoms with Gasteiger partial charge in [0, 0.05) is 12.2 Å². The average molecular weight is 283 g/mol. The first kappa shape index (κ1) is 15.3. The van der Waals surface area contributed by atoms with Gasteiger partial charge in [0.2, 0.25) is 0 Å². The van der Waals surface area contributed by atoms with Crippen LogP contribution in [0.1, 0.15) is 39.5 Å². The van der Waals surface area contributed by atoms with Crippen LogP contribution in [-0.2, 0) is 0 Å². The normalized spacial score (nSPS) is 12.0. The third kappa shape index (κ3) is 3.92. The van der Waals surface area contributed by atoms with Crippen molar-refractivity contribution in [2.75, 3.05) is 6.61 Å². The average Bonchev–Trinajstić information content (AvgIpc) is 2.50. The maximum absolute atomic E-state index is 12.4. The van der Waals surface area contributed by atoms with Crippen molar-refractivity contribution in [2.45, 2.75) is 26.3 Å². The molecule has 0 radical (unpaired) electrons. The van der Waals surface area contributed by atoms with Crippen molar-refractivity contribution in [1.82, 2.24) is 5.32 Å². The molecule has 0 bridgehead atoms. The van der Waals surface area contributed by atoms with Gasteiger partial charge in [-0.1, -0.05) is 36.4 Å². The second kappa shape index (κ2) is 7.04. The summed E-state index contributed by atoms with van der Waals surface area (Å²) in [5.41, 5.74) is 3.92. The Hall–Kier alpha value is -2.13. The van der Waals surface area contributed by atoms with Crippen LogP contribution in [0, 0.1) is 13.8 Å². The summed E-state index contributed by atoms with van der Waals surface area (Å²) >= 11 is 0. The van der Waals surface area contributed by atoms with E-state index < -0.39 is 0 Å². The Labute approximate surface area is 125 Å². The molecule has 0 aliphatic heterocycles. The Morgan fingerprint density at radius 2 is 1.81 bits per heavy atom. The predicted octanol–water partition coefficient (Wildman–Crippen LogP) is 3.16. The van der Waals surface area contributed by atoms with Crippen molar-refractivity contribution in [1.29, 1.82) is 0 Å². The van der Waals surface area contributed by atoms with Crippen molar-refractivity contribution >= 4 is 5.91 Å². The molecule has 0 heterocycles. The fourth-order valence-electron chi connectivity index (χ4n) is 2.26. The fourth-order valence-corrected chi connectivity index (χ4v) is 2.26. The summed E-state index contributed by atoms with van der Waals surface area (Å²) in [4.78, 5) is 12.4. The van der Waals surface area contributed by atoms with Gasteiger partial charge in [-0.2, -0.15) is 0 Å². The van der Waals surface area contributed by atoms with E-state index in [1.807, 2.05) is 62.4 Å². The van der Waals surface area contributed by atoms with Crippen molar-refractivity contribution in [2.24, 2.45) is 0 Å². The van der Waals surface area contributed by atoms with E-state index in [9.17, 15) is 9.90 Å². The van der Waals surface area contributed by atoms with Gasteiger partial charge < -0.3 is 10.4 Å². The van der Waals surface area contributed by atoms with Gasteiger partial charge >= 0.3 is 0 Å². The molecule has 0 saturated heterocycles. The van der Waals surface area contributed by atoms with Crippen LogP contribution >= 0.6 is 0 Å². The lowest BCUT2D eigenvalue weighted by Crippen LogP contribution is -2.29. The largest absolute Gasteiger partial charge is 0.396 e. The number of hydrogen-bond acceptors (Lipinski definition) is 2. The summed E-state index contributed by atoms with van der Waals surface area (Å²) in [6.45, 7) is 4.05. The van der Waals surface area contributed by atoms with E-state index in [0.29, 0.717) is 12.0 Å². The molecule has 110 valence electrons. The van der Waals surface area contributed by atoms with Crippen LogP contribution < -0.4 is 5.32 Å². The van der Waals surface area contributed by atoms with E-state index in [-0.39, 0.29) is 18.6 Å². The molecule has 1 unspecified atom stereocenters. The van der Waals surface area contributed by atoms with Gasteiger partial charge in [-0.25, -0.2) is 0 Å². The zero-order valence-electron chi connectivity index (χ0n) is 12.5. The molecule has 1 atom stereocenters. The zero-order chi connectivity index (χ0) is 15.2. The highest BCUT2D eigenvalue weighted by atomic mass is 16.3. The molecule has 2 aromatic rings. The molecule has 0 aliphatic carbocycles. The summed E-state index contributed by atoms with van der Waals surface area (Å²) in [5.74, 6) is -0.111. The number of benzene rings is 2. The smallest absolute Gasteiger partial charge is 0.251 e. The number of aryl methyl sites for hydroxylation is 2. The number of rotatable bonds is 5. The first-order chi connectivity index (χ1) is 10.1. The van der Waals surface area contributed by atoms with Crippen molar-refractivity contribution in [3.8, 4) is 0 Å². The van der Waals surface area contributed by atoms with Gasteiger partial charge in [0.05, 0.1) is 6.04 Å². The van der Waals surface area contributed by atoms with Crippen molar-refractivity contribution < 1.29 is 9.90 Å². The minimum Gasteiger partial charge on any atom is -0.396 e.